The van der Waals surface area contributed by atoms with Gasteiger partial charge in [0.05, 0.1) is 12.3 Å². The summed E-state index contributed by atoms with van der Waals surface area (Å²) < 4.78 is 5.39. The summed E-state index contributed by atoms with van der Waals surface area (Å²) in [5.41, 5.74) is 2.82. The van der Waals surface area contributed by atoms with E-state index in [1.165, 1.54) is 0 Å². The van der Waals surface area contributed by atoms with Crippen molar-refractivity contribution >= 4 is 12.2 Å². The van der Waals surface area contributed by atoms with Gasteiger partial charge in [-0.2, -0.15) is 0 Å². The average molecular weight is 189 g/mol. The molecule has 0 bridgehead atoms. The monoisotopic (exact) mass is 189 g/mol. The molecule has 0 saturated carbocycles. The maximum atomic E-state index is 5.39. The van der Waals surface area contributed by atoms with Gasteiger partial charge in [-0.25, -0.2) is 4.98 Å². The Morgan fingerprint density at radius 2 is 2.14 bits per heavy atom. The SMILES string of the molecule is C=Cc1cc(C)c(OCC)nc1C=C. The highest BCUT2D eigenvalue weighted by molar-refractivity contribution is 5.62. The van der Waals surface area contributed by atoms with Gasteiger partial charge in [0.2, 0.25) is 5.88 Å². The molecule has 1 aromatic heterocycles. The molecule has 1 aromatic rings. The van der Waals surface area contributed by atoms with Gasteiger partial charge in [0.15, 0.2) is 0 Å². The molecule has 0 amide bonds. The summed E-state index contributed by atoms with van der Waals surface area (Å²) in [4.78, 5) is 4.34. The lowest BCUT2D eigenvalue weighted by atomic mass is 10.1. The van der Waals surface area contributed by atoms with Crippen LogP contribution in [0.15, 0.2) is 19.2 Å². The Bertz CT molecular complexity index is 356. The normalized spacial score (nSPS) is 9.57. The van der Waals surface area contributed by atoms with Crippen molar-refractivity contribution in [2.24, 2.45) is 0 Å². The lowest BCUT2D eigenvalue weighted by molar-refractivity contribution is 0.324. The first-order valence-electron chi connectivity index (χ1n) is 4.62. The van der Waals surface area contributed by atoms with Crippen LogP contribution in [0.1, 0.15) is 23.7 Å². The van der Waals surface area contributed by atoms with Gasteiger partial charge in [-0.05, 0) is 26.0 Å². The maximum absolute atomic E-state index is 5.39. The summed E-state index contributed by atoms with van der Waals surface area (Å²) in [6, 6.07) is 2.00. The molecular formula is C12H15NO. The fourth-order valence-corrected chi connectivity index (χ4v) is 1.24. The van der Waals surface area contributed by atoms with Crippen molar-refractivity contribution in [3.8, 4) is 5.88 Å². The fraction of sp³-hybridized carbons (Fsp3) is 0.250. The van der Waals surface area contributed by atoms with Gasteiger partial charge in [0.25, 0.3) is 0 Å². The summed E-state index contributed by atoms with van der Waals surface area (Å²) in [5, 5.41) is 0. The van der Waals surface area contributed by atoms with E-state index < -0.39 is 0 Å². The zero-order valence-electron chi connectivity index (χ0n) is 8.71. The van der Waals surface area contributed by atoms with Crippen molar-refractivity contribution in [3.05, 3.63) is 36.0 Å². The highest BCUT2D eigenvalue weighted by atomic mass is 16.5. The van der Waals surface area contributed by atoms with Crippen molar-refractivity contribution in [1.82, 2.24) is 4.98 Å². The number of pyridine rings is 1. The van der Waals surface area contributed by atoms with Crippen LogP contribution >= 0.6 is 0 Å². The van der Waals surface area contributed by atoms with E-state index >= 15 is 0 Å². The molecular weight excluding hydrogens is 174 g/mol. The van der Waals surface area contributed by atoms with Crippen molar-refractivity contribution in [1.29, 1.82) is 0 Å². The molecule has 2 nitrogen and oxygen atoms in total. The number of hydrogen-bond donors (Lipinski definition) is 0. The first kappa shape index (κ1) is 10.5. The van der Waals surface area contributed by atoms with E-state index in [2.05, 4.69) is 18.1 Å². The molecule has 0 spiro atoms. The molecule has 0 atom stereocenters. The van der Waals surface area contributed by atoms with E-state index in [-0.39, 0.29) is 0 Å². The average Bonchev–Trinajstić information content (AvgIpc) is 2.20. The molecule has 14 heavy (non-hydrogen) atoms. The lowest BCUT2D eigenvalue weighted by Gasteiger charge is -2.08. The zero-order valence-corrected chi connectivity index (χ0v) is 8.71. The van der Waals surface area contributed by atoms with Crippen LogP contribution in [0.5, 0.6) is 5.88 Å². The van der Waals surface area contributed by atoms with Gasteiger partial charge in [0.1, 0.15) is 0 Å². The number of ether oxygens (including phenoxy) is 1. The Hall–Kier alpha value is -1.57. The molecule has 2 heteroatoms. The highest BCUT2D eigenvalue weighted by Gasteiger charge is 2.05. The van der Waals surface area contributed by atoms with Crippen molar-refractivity contribution in [2.75, 3.05) is 6.61 Å². The molecule has 0 fully saturated rings. The predicted octanol–water partition coefficient (Wildman–Crippen LogP) is 3.07. The highest BCUT2D eigenvalue weighted by Crippen LogP contribution is 2.20. The molecule has 1 heterocycles. The second-order valence-corrected chi connectivity index (χ2v) is 2.93. The predicted molar refractivity (Wildman–Crippen MR) is 60.3 cm³/mol. The van der Waals surface area contributed by atoms with Gasteiger partial charge < -0.3 is 4.74 Å². The Morgan fingerprint density at radius 3 is 2.64 bits per heavy atom. The van der Waals surface area contributed by atoms with Crippen LogP contribution < -0.4 is 4.74 Å². The maximum Gasteiger partial charge on any atom is 0.216 e. The summed E-state index contributed by atoms with van der Waals surface area (Å²) >= 11 is 0. The minimum atomic E-state index is 0.623. The summed E-state index contributed by atoms with van der Waals surface area (Å²) in [6.07, 6.45) is 3.48. The Morgan fingerprint density at radius 1 is 1.43 bits per heavy atom. The van der Waals surface area contributed by atoms with Crippen LogP contribution in [0.25, 0.3) is 12.2 Å². The van der Waals surface area contributed by atoms with Crippen LogP contribution in [0, 0.1) is 6.92 Å². The number of nitrogens with zero attached hydrogens (tertiary/aromatic N) is 1. The minimum Gasteiger partial charge on any atom is -0.478 e. The van der Waals surface area contributed by atoms with Crippen LogP contribution in [0.3, 0.4) is 0 Å². The first-order valence-corrected chi connectivity index (χ1v) is 4.62. The number of aryl methyl sites for hydroxylation is 1. The van der Waals surface area contributed by atoms with Crippen molar-refractivity contribution in [3.63, 3.8) is 0 Å². The van der Waals surface area contributed by atoms with E-state index in [1.54, 1.807) is 12.2 Å². The molecule has 0 unspecified atom stereocenters. The second-order valence-electron chi connectivity index (χ2n) is 2.93. The number of hydrogen-bond acceptors (Lipinski definition) is 2. The van der Waals surface area contributed by atoms with Gasteiger partial charge in [0, 0.05) is 11.1 Å². The molecule has 0 aliphatic heterocycles. The minimum absolute atomic E-state index is 0.623. The quantitative estimate of drug-likeness (QED) is 0.726. The third-order valence-corrected chi connectivity index (χ3v) is 1.92. The number of aromatic nitrogens is 1. The topological polar surface area (TPSA) is 22.1 Å². The summed E-state index contributed by atoms with van der Waals surface area (Å²) in [7, 11) is 0. The van der Waals surface area contributed by atoms with Gasteiger partial charge >= 0.3 is 0 Å². The molecule has 0 aliphatic carbocycles. The lowest BCUT2D eigenvalue weighted by Crippen LogP contribution is -1.99. The van der Waals surface area contributed by atoms with Crippen molar-refractivity contribution in [2.45, 2.75) is 13.8 Å². The third kappa shape index (κ3) is 2.02. The van der Waals surface area contributed by atoms with Gasteiger partial charge in [-0.1, -0.05) is 19.2 Å². The van der Waals surface area contributed by atoms with Crippen LogP contribution in [-0.2, 0) is 0 Å². The molecule has 0 saturated heterocycles. The Kier molecular flexibility index (Phi) is 3.46. The third-order valence-electron chi connectivity index (χ3n) is 1.92. The smallest absolute Gasteiger partial charge is 0.216 e. The van der Waals surface area contributed by atoms with Crippen molar-refractivity contribution < 1.29 is 4.74 Å². The van der Waals surface area contributed by atoms with E-state index in [0.717, 1.165) is 16.8 Å². The Labute approximate surface area is 84.9 Å². The first-order chi connectivity index (χ1) is 6.72. The molecule has 0 aromatic carbocycles. The molecule has 0 radical (unpaired) electrons. The molecule has 74 valence electrons. The van der Waals surface area contributed by atoms with Crippen LogP contribution in [-0.4, -0.2) is 11.6 Å². The standard InChI is InChI=1S/C12H15NO/c1-5-10-8-9(4)12(14-7-3)13-11(10)6-2/h5-6,8H,1-2,7H2,3-4H3. The van der Waals surface area contributed by atoms with E-state index in [1.807, 2.05) is 19.9 Å². The van der Waals surface area contributed by atoms with Crippen LogP contribution in [0.4, 0.5) is 0 Å². The fourth-order valence-electron chi connectivity index (χ4n) is 1.24. The van der Waals surface area contributed by atoms with E-state index in [4.69, 9.17) is 4.74 Å². The molecule has 0 aliphatic rings. The van der Waals surface area contributed by atoms with E-state index in [0.29, 0.717) is 12.5 Å². The number of rotatable bonds is 4. The largest absolute Gasteiger partial charge is 0.478 e. The van der Waals surface area contributed by atoms with Gasteiger partial charge in [-0.3, -0.25) is 0 Å². The second kappa shape index (κ2) is 4.61. The molecule has 1 rings (SSSR count). The zero-order chi connectivity index (χ0) is 10.6. The summed E-state index contributed by atoms with van der Waals surface area (Å²) in [5.74, 6) is 0.674. The Balaban J connectivity index is 3.22. The summed E-state index contributed by atoms with van der Waals surface area (Å²) in [6.45, 7) is 12.0. The van der Waals surface area contributed by atoms with E-state index in [9.17, 15) is 0 Å². The van der Waals surface area contributed by atoms with Gasteiger partial charge in [-0.15, -0.1) is 0 Å². The van der Waals surface area contributed by atoms with Crippen LogP contribution in [0.2, 0.25) is 0 Å². The molecule has 0 N–H and O–H groups in total.